The second-order valence-corrected chi connectivity index (χ2v) is 3.46. The van der Waals surface area contributed by atoms with Crippen LogP contribution < -0.4 is 4.74 Å². The van der Waals surface area contributed by atoms with Gasteiger partial charge in [-0.2, -0.15) is 0 Å². The van der Waals surface area contributed by atoms with E-state index in [4.69, 9.17) is 4.74 Å². The molecule has 0 radical (unpaired) electrons. The molecule has 84 valence electrons. The Morgan fingerprint density at radius 1 is 1.00 bits per heavy atom. The fourth-order valence-electron chi connectivity index (χ4n) is 1.15. The van der Waals surface area contributed by atoms with Crippen LogP contribution in [0.3, 0.4) is 0 Å². The summed E-state index contributed by atoms with van der Waals surface area (Å²) in [7, 11) is 0. The van der Waals surface area contributed by atoms with Crippen LogP contribution in [0.2, 0.25) is 0 Å². The monoisotopic (exact) mass is 214 g/mol. The van der Waals surface area contributed by atoms with E-state index in [1.54, 1.807) is 0 Å². The minimum absolute atomic E-state index is 0.600. The van der Waals surface area contributed by atoms with Gasteiger partial charge in [0.1, 0.15) is 12.4 Å². The Kier molecular flexibility index (Phi) is 5.79. The zero-order chi connectivity index (χ0) is 11.6. The Morgan fingerprint density at radius 3 is 2.38 bits per heavy atom. The normalized spacial score (nSPS) is 11.9. The smallest absolute Gasteiger partial charge is 0.119 e. The highest BCUT2D eigenvalue weighted by Crippen LogP contribution is 2.10. The van der Waals surface area contributed by atoms with Crippen LogP contribution in [-0.2, 0) is 0 Å². The molecule has 0 amide bonds. The average molecular weight is 214 g/mol. The minimum Gasteiger partial charge on any atom is -0.490 e. The van der Waals surface area contributed by atoms with E-state index in [-0.39, 0.29) is 0 Å². The lowest BCUT2D eigenvalue weighted by Gasteiger charge is -2.02. The molecular weight excluding hydrogens is 196 g/mol. The van der Waals surface area contributed by atoms with E-state index in [1.165, 1.54) is 5.56 Å². The SMILES string of the molecule is C\C=C/C=C\C=C\COc1ccc(C)cc1. The van der Waals surface area contributed by atoms with Gasteiger partial charge in [-0.25, -0.2) is 0 Å². The van der Waals surface area contributed by atoms with Crippen molar-refractivity contribution in [2.45, 2.75) is 13.8 Å². The summed E-state index contributed by atoms with van der Waals surface area (Å²) >= 11 is 0. The third-order valence-corrected chi connectivity index (χ3v) is 2.03. The lowest BCUT2D eigenvalue weighted by molar-refractivity contribution is 0.363. The van der Waals surface area contributed by atoms with E-state index < -0.39 is 0 Å². The summed E-state index contributed by atoms with van der Waals surface area (Å²) < 4.78 is 5.53. The molecule has 0 aliphatic carbocycles. The number of ether oxygens (including phenoxy) is 1. The molecule has 1 aromatic rings. The third-order valence-electron chi connectivity index (χ3n) is 2.03. The van der Waals surface area contributed by atoms with Crippen LogP contribution in [0.4, 0.5) is 0 Å². The fraction of sp³-hybridized carbons (Fsp3) is 0.200. The summed E-state index contributed by atoms with van der Waals surface area (Å²) in [6, 6.07) is 8.06. The molecule has 0 heterocycles. The highest BCUT2D eigenvalue weighted by Gasteiger charge is 1.89. The van der Waals surface area contributed by atoms with Gasteiger partial charge >= 0.3 is 0 Å². The number of benzene rings is 1. The summed E-state index contributed by atoms with van der Waals surface area (Å²) in [5.74, 6) is 0.910. The van der Waals surface area contributed by atoms with Crippen molar-refractivity contribution < 1.29 is 4.74 Å². The van der Waals surface area contributed by atoms with Gasteiger partial charge in [0, 0.05) is 0 Å². The summed E-state index contributed by atoms with van der Waals surface area (Å²) in [5.41, 5.74) is 1.25. The van der Waals surface area contributed by atoms with Crippen molar-refractivity contribution >= 4 is 0 Å². The van der Waals surface area contributed by atoms with E-state index in [1.807, 2.05) is 67.6 Å². The molecular formula is C15H18O. The highest BCUT2D eigenvalue weighted by atomic mass is 16.5. The lowest BCUT2D eigenvalue weighted by atomic mass is 10.2. The van der Waals surface area contributed by atoms with E-state index in [9.17, 15) is 0 Å². The van der Waals surface area contributed by atoms with Crippen molar-refractivity contribution in [2.75, 3.05) is 6.61 Å². The van der Waals surface area contributed by atoms with Gasteiger partial charge in [-0.15, -0.1) is 0 Å². The van der Waals surface area contributed by atoms with E-state index in [0.29, 0.717) is 6.61 Å². The fourth-order valence-corrected chi connectivity index (χ4v) is 1.15. The summed E-state index contributed by atoms with van der Waals surface area (Å²) in [5, 5.41) is 0. The van der Waals surface area contributed by atoms with Crippen LogP contribution in [0.5, 0.6) is 5.75 Å². The Bertz CT molecular complexity index is 369. The molecule has 0 N–H and O–H groups in total. The van der Waals surface area contributed by atoms with E-state index in [2.05, 4.69) is 6.92 Å². The zero-order valence-corrected chi connectivity index (χ0v) is 9.89. The van der Waals surface area contributed by atoms with Gasteiger partial charge in [0.25, 0.3) is 0 Å². The largest absolute Gasteiger partial charge is 0.490 e. The Balaban J connectivity index is 2.27. The summed E-state index contributed by atoms with van der Waals surface area (Å²) in [6.45, 7) is 4.66. The van der Waals surface area contributed by atoms with E-state index >= 15 is 0 Å². The van der Waals surface area contributed by atoms with Crippen LogP contribution >= 0.6 is 0 Å². The molecule has 0 saturated carbocycles. The van der Waals surface area contributed by atoms with E-state index in [0.717, 1.165) is 5.75 Å². The van der Waals surface area contributed by atoms with Gasteiger partial charge in [0.05, 0.1) is 0 Å². The number of hydrogen-bond acceptors (Lipinski definition) is 1. The van der Waals surface area contributed by atoms with Crippen LogP contribution in [0.25, 0.3) is 0 Å². The van der Waals surface area contributed by atoms with Crippen LogP contribution in [0.15, 0.2) is 60.7 Å². The number of rotatable bonds is 5. The minimum atomic E-state index is 0.600. The predicted molar refractivity (Wildman–Crippen MR) is 69.8 cm³/mol. The first-order chi connectivity index (χ1) is 7.83. The topological polar surface area (TPSA) is 9.23 Å². The van der Waals surface area contributed by atoms with Crippen molar-refractivity contribution in [1.82, 2.24) is 0 Å². The lowest BCUT2D eigenvalue weighted by Crippen LogP contribution is -1.92. The molecule has 0 bridgehead atoms. The van der Waals surface area contributed by atoms with Crippen molar-refractivity contribution in [3.63, 3.8) is 0 Å². The standard InChI is InChI=1S/C15H18O/c1-3-4-5-6-7-8-13-16-15-11-9-14(2)10-12-15/h3-12H,13H2,1-2H3/b4-3-,6-5-,8-7+. The molecule has 1 heteroatoms. The van der Waals surface area contributed by atoms with Gasteiger partial charge in [-0.05, 0) is 32.1 Å². The second-order valence-electron chi connectivity index (χ2n) is 3.46. The Hall–Kier alpha value is -1.76. The van der Waals surface area contributed by atoms with Crippen molar-refractivity contribution in [1.29, 1.82) is 0 Å². The van der Waals surface area contributed by atoms with Crippen molar-refractivity contribution in [3.8, 4) is 5.75 Å². The molecule has 0 atom stereocenters. The molecule has 0 spiro atoms. The van der Waals surface area contributed by atoms with Gasteiger partial charge < -0.3 is 4.74 Å². The maximum absolute atomic E-state index is 5.53. The Morgan fingerprint density at radius 2 is 1.69 bits per heavy atom. The molecule has 16 heavy (non-hydrogen) atoms. The summed E-state index contributed by atoms with van der Waals surface area (Å²) in [4.78, 5) is 0. The maximum Gasteiger partial charge on any atom is 0.119 e. The van der Waals surface area contributed by atoms with Crippen molar-refractivity contribution in [2.24, 2.45) is 0 Å². The van der Waals surface area contributed by atoms with Crippen molar-refractivity contribution in [3.05, 3.63) is 66.3 Å². The third kappa shape index (κ3) is 5.20. The highest BCUT2D eigenvalue weighted by molar-refractivity contribution is 5.26. The van der Waals surface area contributed by atoms with Crippen LogP contribution in [0.1, 0.15) is 12.5 Å². The summed E-state index contributed by atoms with van der Waals surface area (Å²) in [6.07, 6.45) is 11.9. The molecule has 0 unspecified atom stereocenters. The number of allylic oxidation sites excluding steroid dienone is 5. The number of hydrogen-bond donors (Lipinski definition) is 0. The van der Waals surface area contributed by atoms with Gasteiger partial charge in [0.15, 0.2) is 0 Å². The van der Waals surface area contributed by atoms with Gasteiger partial charge in [-0.3, -0.25) is 0 Å². The molecule has 0 aliphatic rings. The van der Waals surface area contributed by atoms with Crippen LogP contribution in [0, 0.1) is 6.92 Å². The quantitative estimate of drug-likeness (QED) is 0.671. The molecule has 0 aromatic heterocycles. The second kappa shape index (κ2) is 7.52. The first kappa shape index (κ1) is 12.3. The van der Waals surface area contributed by atoms with Gasteiger partial charge in [-0.1, -0.05) is 48.1 Å². The molecule has 0 fully saturated rings. The molecule has 0 saturated heterocycles. The molecule has 1 aromatic carbocycles. The number of aryl methyl sites for hydroxylation is 1. The first-order valence-corrected chi connectivity index (χ1v) is 5.47. The first-order valence-electron chi connectivity index (χ1n) is 5.47. The average Bonchev–Trinajstić information content (AvgIpc) is 2.30. The Labute approximate surface area is 97.8 Å². The van der Waals surface area contributed by atoms with Crippen LogP contribution in [-0.4, -0.2) is 6.61 Å². The predicted octanol–water partition coefficient (Wildman–Crippen LogP) is 4.06. The molecule has 1 rings (SSSR count). The molecule has 1 nitrogen and oxygen atoms in total. The zero-order valence-electron chi connectivity index (χ0n) is 9.89. The maximum atomic E-state index is 5.53. The molecule has 0 aliphatic heterocycles. The van der Waals surface area contributed by atoms with Gasteiger partial charge in [0.2, 0.25) is 0 Å².